The van der Waals surface area contributed by atoms with Crippen molar-refractivity contribution in [2.45, 2.75) is 26.3 Å². The first-order valence-corrected chi connectivity index (χ1v) is 8.72. The number of aromatic nitrogens is 3. The zero-order valence-corrected chi connectivity index (χ0v) is 14.8. The number of hydrogen-bond acceptors (Lipinski definition) is 5. The van der Waals surface area contributed by atoms with E-state index in [0.717, 1.165) is 30.4 Å². The first kappa shape index (κ1) is 17.4. The van der Waals surface area contributed by atoms with Gasteiger partial charge < -0.3 is 10.1 Å². The van der Waals surface area contributed by atoms with Gasteiger partial charge >= 0.3 is 0 Å². The number of hydrogen-bond donors (Lipinski definition) is 1. The van der Waals surface area contributed by atoms with Crippen molar-refractivity contribution in [1.29, 1.82) is 0 Å². The van der Waals surface area contributed by atoms with Crippen LogP contribution < -0.4 is 10.1 Å². The van der Waals surface area contributed by atoms with Crippen molar-refractivity contribution < 1.29 is 9.53 Å². The zero-order valence-electron chi connectivity index (χ0n) is 14.8. The minimum absolute atomic E-state index is 0.137. The van der Waals surface area contributed by atoms with E-state index in [1.54, 1.807) is 6.92 Å². The number of anilines is 1. The van der Waals surface area contributed by atoms with Crippen LogP contribution in [0.5, 0.6) is 5.75 Å². The molecule has 7 nitrogen and oxygen atoms in total. The van der Waals surface area contributed by atoms with E-state index < -0.39 is 6.04 Å². The van der Waals surface area contributed by atoms with E-state index in [9.17, 15) is 4.79 Å². The van der Waals surface area contributed by atoms with Gasteiger partial charge in [-0.05, 0) is 50.1 Å². The van der Waals surface area contributed by atoms with E-state index in [0.29, 0.717) is 6.61 Å². The summed E-state index contributed by atoms with van der Waals surface area (Å²) in [7, 11) is 0. The second-order valence-electron chi connectivity index (χ2n) is 6.61. The van der Waals surface area contributed by atoms with Crippen LogP contribution in [0, 0.1) is 5.92 Å². The maximum atomic E-state index is 12.2. The van der Waals surface area contributed by atoms with Gasteiger partial charge in [0, 0.05) is 18.8 Å². The standard InChI is InChI=1S/C18H25N5O2/c1-14-7-8-22(11-14)9-10-25-17-5-3-16(4-6-17)21-18(24)15(2)23-13-19-12-20-23/h3-6,12-15H,7-11H2,1-2H3,(H,21,24)/t14-,15-/m1/s1. The Morgan fingerprint density at radius 2 is 2.20 bits per heavy atom. The molecular formula is C18H25N5O2. The SMILES string of the molecule is C[C@@H]1CCN(CCOc2ccc(NC(=O)[C@@H](C)n3cncn3)cc2)C1. The summed E-state index contributed by atoms with van der Waals surface area (Å²) in [6.07, 6.45) is 4.22. The number of carbonyl (C=O) groups is 1. The fourth-order valence-corrected chi connectivity index (χ4v) is 2.94. The summed E-state index contributed by atoms with van der Waals surface area (Å²) in [5.74, 6) is 1.47. The Bertz CT molecular complexity index is 671. The summed E-state index contributed by atoms with van der Waals surface area (Å²) in [4.78, 5) is 18.5. The van der Waals surface area contributed by atoms with E-state index in [4.69, 9.17) is 4.74 Å². The van der Waals surface area contributed by atoms with Crippen molar-refractivity contribution in [3.05, 3.63) is 36.9 Å². The van der Waals surface area contributed by atoms with Gasteiger partial charge in [0.05, 0.1) is 0 Å². The molecule has 3 rings (SSSR count). The Morgan fingerprint density at radius 3 is 2.84 bits per heavy atom. The number of amides is 1. The molecule has 1 aliphatic rings. The van der Waals surface area contributed by atoms with Crippen LogP contribution in [0.3, 0.4) is 0 Å². The molecule has 2 atom stereocenters. The molecule has 1 fully saturated rings. The first-order valence-electron chi connectivity index (χ1n) is 8.72. The normalized spacial score (nSPS) is 18.9. The Hall–Kier alpha value is -2.41. The molecule has 0 radical (unpaired) electrons. The Balaban J connectivity index is 1.44. The maximum absolute atomic E-state index is 12.2. The first-order chi connectivity index (χ1) is 12.1. The lowest BCUT2D eigenvalue weighted by atomic mass is 10.2. The van der Waals surface area contributed by atoms with E-state index in [2.05, 4.69) is 27.2 Å². The molecule has 1 saturated heterocycles. The minimum Gasteiger partial charge on any atom is -0.492 e. The maximum Gasteiger partial charge on any atom is 0.249 e. The molecule has 134 valence electrons. The van der Waals surface area contributed by atoms with E-state index >= 15 is 0 Å². The molecule has 2 heterocycles. The topological polar surface area (TPSA) is 72.3 Å². The number of ether oxygens (including phenoxy) is 1. The van der Waals surface area contributed by atoms with Crippen molar-refractivity contribution in [2.24, 2.45) is 5.92 Å². The van der Waals surface area contributed by atoms with Gasteiger partial charge in [-0.1, -0.05) is 6.92 Å². The number of nitrogens with one attached hydrogen (secondary N) is 1. The molecule has 7 heteroatoms. The summed E-state index contributed by atoms with van der Waals surface area (Å²) in [6.45, 7) is 8.04. The summed E-state index contributed by atoms with van der Waals surface area (Å²) in [6, 6.07) is 7.03. The van der Waals surface area contributed by atoms with Crippen LogP contribution in [0.25, 0.3) is 0 Å². The number of benzene rings is 1. The fraction of sp³-hybridized carbons (Fsp3) is 0.500. The van der Waals surface area contributed by atoms with Gasteiger partial charge in [0.15, 0.2) is 0 Å². The van der Waals surface area contributed by atoms with E-state index in [1.165, 1.54) is 30.3 Å². The molecule has 1 aromatic carbocycles. The Labute approximate surface area is 148 Å². The average Bonchev–Trinajstić information content (AvgIpc) is 3.27. The van der Waals surface area contributed by atoms with Crippen LogP contribution in [0.1, 0.15) is 26.3 Å². The highest BCUT2D eigenvalue weighted by Crippen LogP contribution is 2.18. The van der Waals surface area contributed by atoms with E-state index in [-0.39, 0.29) is 5.91 Å². The average molecular weight is 343 g/mol. The van der Waals surface area contributed by atoms with Gasteiger partial charge in [0.25, 0.3) is 0 Å². The van der Waals surface area contributed by atoms with Crippen LogP contribution >= 0.6 is 0 Å². The van der Waals surface area contributed by atoms with Crippen LogP contribution in [-0.4, -0.2) is 51.8 Å². The van der Waals surface area contributed by atoms with Gasteiger partial charge in [-0.2, -0.15) is 5.10 Å². The molecule has 0 saturated carbocycles. The molecule has 0 bridgehead atoms. The summed E-state index contributed by atoms with van der Waals surface area (Å²) in [5.41, 5.74) is 0.734. The molecule has 1 aromatic heterocycles. The molecule has 1 amide bonds. The van der Waals surface area contributed by atoms with Gasteiger partial charge in [-0.15, -0.1) is 0 Å². The summed E-state index contributed by atoms with van der Waals surface area (Å²) in [5, 5.41) is 6.86. The molecular weight excluding hydrogens is 318 g/mol. The monoisotopic (exact) mass is 343 g/mol. The summed E-state index contributed by atoms with van der Waals surface area (Å²) < 4.78 is 7.31. The van der Waals surface area contributed by atoms with Crippen molar-refractivity contribution >= 4 is 11.6 Å². The number of nitrogens with zero attached hydrogens (tertiary/aromatic N) is 4. The second-order valence-corrected chi connectivity index (χ2v) is 6.61. The smallest absolute Gasteiger partial charge is 0.249 e. The van der Waals surface area contributed by atoms with Crippen molar-refractivity contribution in [3.63, 3.8) is 0 Å². The number of likely N-dealkylation sites (tertiary alicyclic amines) is 1. The third-order valence-electron chi connectivity index (χ3n) is 4.52. The van der Waals surface area contributed by atoms with Crippen LogP contribution in [0.2, 0.25) is 0 Å². The minimum atomic E-state index is -0.415. The highest BCUT2D eigenvalue weighted by Gasteiger charge is 2.18. The highest BCUT2D eigenvalue weighted by atomic mass is 16.5. The van der Waals surface area contributed by atoms with Gasteiger partial charge in [-0.3, -0.25) is 9.69 Å². The lowest BCUT2D eigenvalue weighted by Crippen LogP contribution is -2.26. The quantitative estimate of drug-likeness (QED) is 0.834. The molecule has 0 spiro atoms. The van der Waals surface area contributed by atoms with Crippen LogP contribution in [0.4, 0.5) is 5.69 Å². The fourth-order valence-electron chi connectivity index (χ4n) is 2.94. The van der Waals surface area contributed by atoms with E-state index in [1.807, 2.05) is 24.3 Å². The molecule has 0 aliphatic carbocycles. The third-order valence-corrected chi connectivity index (χ3v) is 4.52. The largest absolute Gasteiger partial charge is 0.492 e. The summed E-state index contributed by atoms with van der Waals surface area (Å²) >= 11 is 0. The third kappa shape index (κ3) is 4.79. The van der Waals surface area contributed by atoms with Crippen LogP contribution in [0.15, 0.2) is 36.9 Å². The number of rotatable bonds is 7. The lowest BCUT2D eigenvalue weighted by Gasteiger charge is -2.16. The molecule has 2 aromatic rings. The van der Waals surface area contributed by atoms with Crippen LogP contribution in [-0.2, 0) is 4.79 Å². The number of carbonyl (C=O) groups excluding carboxylic acids is 1. The highest BCUT2D eigenvalue weighted by molar-refractivity contribution is 5.93. The van der Waals surface area contributed by atoms with Gasteiger partial charge in [0.1, 0.15) is 31.1 Å². The van der Waals surface area contributed by atoms with Gasteiger partial charge in [-0.25, -0.2) is 9.67 Å². The predicted molar refractivity (Wildman–Crippen MR) is 95.5 cm³/mol. The Morgan fingerprint density at radius 1 is 1.40 bits per heavy atom. The molecule has 1 aliphatic heterocycles. The van der Waals surface area contributed by atoms with Crippen molar-refractivity contribution in [1.82, 2.24) is 19.7 Å². The van der Waals surface area contributed by atoms with Crippen molar-refractivity contribution in [2.75, 3.05) is 31.6 Å². The Kier molecular flexibility index (Phi) is 5.65. The predicted octanol–water partition coefficient (Wildman–Crippen LogP) is 2.20. The zero-order chi connectivity index (χ0) is 17.6. The second kappa shape index (κ2) is 8.11. The lowest BCUT2D eigenvalue weighted by molar-refractivity contribution is -0.119. The molecule has 1 N–H and O–H groups in total. The molecule has 0 unspecified atom stereocenters. The van der Waals surface area contributed by atoms with Gasteiger partial charge in [0.2, 0.25) is 5.91 Å². The van der Waals surface area contributed by atoms with Crippen molar-refractivity contribution in [3.8, 4) is 5.75 Å². The molecule has 25 heavy (non-hydrogen) atoms.